The maximum absolute atomic E-state index is 9.04. The van der Waals surface area contributed by atoms with Gasteiger partial charge < -0.3 is 9.64 Å². The first-order chi connectivity index (χ1) is 8.24. The van der Waals surface area contributed by atoms with Crippen LogP contribution in [0.3, 0.4) is 0 Å². The summed E-state index contributed by atoms with van der Waals surface area (Å²) in [6.07, 6.45) is 4.12. The van der Waals surface area contributed by atoms with Crippen molar-refractivity contribution in [1.29, 1.82) is 5.26 Å². The maximum atomic E-state index is 9.04. The number of nitrogens with zero attached hydrogens (tertiary/aromatic N) is 4. The van der Waals surface area contributed by atoms with Crippen LogP contribution < -0.4 is 4.90 Å². The first-order valence-electron chi connectivity index (χ1n) is 5.71. The Bertz CT molecular complexity index is 388. The molecule has 1 aromatic rings. The monoisotopic (exact) mass is 234 g/mol. The van der Waals surface area contributed by atoms with E-state index in [1.54, 1.807) is 13.3 Å². The Morgan fingerprint density at radius 2 is 2.18 bits per heavy atom. The fraction of sp³-hybridized carbons (Fsp3) is 0.583. The summed E-state index contributed by atoms with van der Waals surface area (Å²) in [4.78, 5) is 10.4. The molecule has 5 nitrogen and oxygen atoms in total. The summed E-state index contributed by atoms with van der Waals surface area (Å²) in [5.41, 5.74) is 0.365. The van der Waals surface area contributed by atoms with E-state index in [1.165, 1.54) is 6.20 Å². The van der Waals surface area contributed by atoms with Gasteiger partial charge in [0.1, 0.15) is 6.07 Å². The van der Waals surface area contributed by atoms with E-state index in [0.29, 0.717) is 30.7 Å². The van der Waals surface area contributed by atoms with Gasteiger partial charge in [-0.25, -0.2) is 9.97 Å². The Balaban J connectivity index is 2.99. The number of ether oxygens (including phenoxy) is 1. The molecule has 0 bridgehead atoms. The lowest BCUT2D eigenvalue weighted by Gasteiger charge is -2.29. The molecule has 1 rings (SSSR count). The number of anilines is 1. The second kappa shape index (κ2) is 6.81. The molecule has 0 fully saturated rings. The number of aromatic nitrogens is 2. The molecule has 0 aliphatic carbocycles. The van der Waals surface area contributed by atoms with Crippen molar-refractivity contribution in [2.45, 2.75) is 26.3 Å². The summed E-state index contributed by atoms with van der Waals surface area (Å²) in [6, 6.07) is 2.38. The lowest BCUT2D eigenvalue weighted by molar-refractivity contribution is 0.203. The molecule has 0 saturated carbocycles. The van der Waals surface area contributed by atoms with Gasteiger partial charge in [-0.15, -0.1) is 0 Å². The van der Waals surface area contributed by atoms with Gasteiger partial charge in [-0.05, 0) is 13.3 Å². The highest BCUT2D eigenvalue weighted by Gasteiger charge is 2.18. The van der Waals surface area contributed by atoms with Gasteiger partial charge in [-0.2, -0.15) is 5.26 Å². The Morgan fingerprint density at radius 3 is 2.76 bits per heavy atom. The molecule has 5 heteroatoms. The van der Waals surface area contributed by atoms with Crippen LogP contribution >= 0.6 is 0 Å². The minimum absolute atomic E-state index is 0.300. The molecule has 0 amide bonds. The summed E-state index contributed by atoms with van der Waals surface area (Å²) >= 11 is 0. The average molecular weight is 234 g/mol. The maximum Gasteiger partial charge on any atom is 0.183 e. The fourth-order valence-corrected chi connectivity index (χ4v) is 1.56. The van der Waals surface area contributed by atoms with E-state index in [4.69, 9.17) is 10.00 Å². The van der Waals surface area contributed by atoms with Gasteiger partial charge in [-0.1, -0.05) is 6.92 Å². The smallest absolute Gasteiger partial charge is 0.183 e. The molecule has 1 heterocycles. The van der Waals surface area contributed by atoms with Crippen LogP contribution in [0.5, 0.6) is 0 Å². The number of rotatable bonds is 6. The zero-order valence-electron chi connectivity index (χ0n) is 10.6. The van der Waals surface area contributed by atoms with Crippen molar-refractivity contribution in [2.24, 2.45) is 0 Å². The van der Waals surface area contributed by atoms with Crippen LogP contribution in [0.4, 0.5) is 5.82 Å². The number of nitriles is 1. The summed E-state index contributed by atoms with van der Waals surface area (Å²) < 4.78 is 5.09. The van der Waals surface area contributed by atoms with Gasteiger partial charge in [0.25, 0.3) is 0 Å². The largest absolute Gasteiger partial charge is 0.383 e. The van der Waals surface area contributed by atoms with E-state index in [2.05, 4.69) is 34.8 Å². The second-order valence-electron chi connectivity index (χ2n) is 3.78. The molecule has 92 valence electrons. The third-order valence-electron chi connectivity index (χ3n) is 2.72. The van der Waals surface area contributed by atoms with Crippen LogP contribution in [0.15, 0.2) is 12.4 Å². The van der Waals surface area contributed by atoms with Gasteiger partial charge in [-0.3, -0.25) is 0 Å². The van der Waals surface area contributed by atoms with E-state index in [1.807, 2.05) is 0 Å². The molecule has 0 aromatic carbocycles. The SMILES string of the molecule is CCC(C)N(CCOC)c1nccnc1C#N. The molecular weight excluding hydrogens is 216 g/mol. The summed E-state index contributed by atoms with van der Waals surface area (Å²) in [6.45, 7) is 5.52. The van der Waals surface area contributed by atoms with Gasteiger partial charge in [0.05, 0.1) is 6.61 Å². The number of hydrogen-bond acceptors (Lipinski definition) is 5. The average Bonchev–Trinajstić information content (AvgIpc) is 2.39. The molecule has 0 saturated heterocycles. The molecule has 17 heavy (non-hydrogen) atoms. The third kappa shape index (κ3) is 3.40. The minimum Gasteiger partial charge on any atom is -0.383 e. The molecule has 0 radical (unpaired) electrons. The third-order valence-corrected chi connectivity index (χ3v) is 2.72. The first-order valence-corrected chi connectivity index (χ1v) is 5.71. The van der Waals surface area contributed by atoms with Crippen molar-refractivity contribution in [3.8, 4) is 6.07 Å². The molecule has 0 N–H and O–H groups in total. The van der Waals surface area contributed by atoms with Crippen LogP contribution in [0, 0.1) is 11.3 Å². The van der Waals surface area contributed by atoms with Crippen LogP contribution in [0.2, 0.25) is 0 Å². The van der Waals surface area contributed by atoms with Crippen molar-refractivity contribution < 1.29 is 4.74 Å². The molecule has 0 spiro atoms. The van der Waals surface area contributed by atoms with Crippen LogP contribution in [-0.2, 0) is 4.74 Å². The molecule has 1 aromatic heterocycles. The number of hydrogen-bond donors (Lipinski definition) is 0. The highest BCUT2D eigenvalue weighted by molar-refractivity contribution is 5.50. The lowest BCUT2D eigenvalue weighted by Crippen LogP contribution is -2.36. The van der Waals surface area contributed by atoms with Crippen LogP contribution in [0.25, 0.3) is 0 Å². The Labute approximate surface area is 102 Å². The van der Waals surface area contributed by atoms with Crippen LogP contribution in [-0.4, -0.2) is 36.3 Å². The quantitative estimate of drug-likeness (QED) is 0.748. The first kappa shape index (κ1) is 13.4. The molecule has 0 aliphatic rings. The Morgan fingerprint density at radius 1 is 1.47 bits per heavy atom. The van der Waals surface area contributed by atoms with Crippen molar-refractivity contribution in [3.05, 3.63) is 18.1 Å². The fourth-order valence-electron chi connectivity index (χ4n) is 1.56. The predicted octanol–water partition coefficient (Wildman–Crippen LogP) is 1.60. The zero-order valence-corrected chi connectivity index (χ0v) is 10.6. The van der Waals surface area contributed by atoms with Crippen molar-refractivity contribution >= 4 is 5.82 Å². The standard InChI is InChI=1S/C12H18N4O/c1-4-10(2)16(7-8-17-3)12-11(9-13)14-5-6-15-12/h5-6,10H,4,7-8H2,1-3H3. The van der Waals surface area contributed by atoms with Gasteiger partial charge in [0, 0.05) is 32.1 Å². The predicted molar refractivity (Wildman–Crippen MR) is 65.7 cm³/mol. The summed E-state index contributed by atoms with van der Waals surface area (Å²) in [5.74, 6) is 0.640. The minimum atomic E-state index is 0.300. The van der Waals surface area contributed by atoms with Gasteiger partial charge in [0.15, 0.2) is 11.5 Å². The summed E-state index contributed by atoms with van der Waals surface area (Å²) in [5, 5.41) is 9.04. The summed E-state index contributed by atoms with van der Waals surface area (Å²) in [7, 11) is 1.66. The van der Waals surface area contributed by atoms with Crippen molar-refractivity contribution in [1.82, 2.24) is 9.97 Å². The molecule has 1 unspecified atom stereocenters. The molecule has 1 atom stereocenters. The molecule has 0 aliphatic heterocycles. The normalized spacial score (nSPS) is 11.9. The highest BCUT2D eigenvalue weighted by atomic mass is 16.5. The van der Waals surface area contributed by atoms with Gasteiger partial charge >= 0.3 is 0 Å². The van der Waals surface area contributed by atoms with Crippen molar-refractivity contribution in [3.63, 3.8) is 0 Å². The highest BCUT2D eigenvalue weighted by Crippen LogP contribution is 2.18. The van der Waals surface area contributed by atoms with E-state index in [0.717, 1.165) is 6.42 Å². The van der Waals surface area contributed by atoms with E-state index < -0.39 is 0 Å². The van der Waals surface area contributed by atoms with E-state index in [9.17, 15) is 0 Å². The lowest BCUT2D eigenvalue weighted by atomic mass is 10.2. The van der Waals surface area contributed by atoms with Crippen LogP contribution in [0.1, 0.15) is 26.0 Å². The zero-order chi connectivity index (χ0) is 12.7. The van der Waals surface area contributed by atoms with Crippen molar-refractivity contribution in [2.75, 3.05) is 25.2 Å². The van der Waals surface area contributed by atoms with E-state index in [-0.39, 0.29) is 0 Å². The van der Waals surface area contributed by atoms with Gasteiger partial charge in [0.2, 0.25) is 0 Å². The van der Waals surface area contributed by atoms with E-state index >= 15 is 0 Å². The second-order valence-corrected chi connectivity index (χ2v) is 3.78. The Hall–Kier alpha value is -1.67. The molecular formula is C12H18N4O. The topological polar surface area (TPSA) is 62.0 Å². The Kier molecular flexibility index (Phi) is 5.37. The number of methoxy groups -OCH3 is 1.